The van der Waals surface area contributed by atoms with Crippen LogP contribution >= 0.6 is 35.3 Å². The quantitative estimate of drug-likeness (QED) is 0.227. The lowest BCUT2D eigenvalue weighted by atomic mass is 10.2. The number of nitro groups is 1. The Bertz CT molecular complexity index is 705. The zero-order valence-electron chi connectivity index (χ0n) is 13.5. The van der Waals surface area contributed by atoms with E-state index < -0.39 is 4.92 Å². The Morgan fingerprint density at radius 1 is 1.42 bits per heavy atom. The second kappa shape index (κ2) is 10.2. The Hall–Kier alpha value is -1.75. The lowest BCUT2D eigenvalue weighted by Crippen LogP contribution is -2.37. The maximum absolute atomic E-state index is 10.8. The summed E-state index contributed by atoms with van der Waals surface area (Å²) in [5.74, 6) is 0.656. The van der Waals surface area contributed by atoms with Gasteiger partial charge in [-0.15, -0.1) is 35.3 Å². The van der Waals surface area contributed by atoms with Crippen LogP contribution in [0.15, 0.2) is 34.6 Å². The van der Waals surface area contributed by atoms with Gasteiger partial charge in [0.15, 0.2) is 5.96 Å². The van der Waals surface area contributed by atoms with Crippen molar-refractivity contribution in [3.63, 3.8) is 0 Å². The lowest BCUT2D eigenvalue weighted by Gasteiger charge is -2.11. The zero-order valence-corrected chi connectivity index (χ0v) is 16.6. The fourth-order valence-corrected chi connectivity index (χ4v) is 2.67. The summed E-state index contributed by atoms with van der Waals surface area (Å²) in [6.07, 6.45) is 0.821. The number of nitrogens with one attached hydrogen (secondary N) is 2. The number of halogens is 1. The van der Waals surface area contributed by atoms with Gasteiger partial charge in [0.05, 0.1) is 15.6 Å². The normalized spacial score (nSPS) is 10.8. The Kier molecular flexibility index (Phi) is 8.61. The van der Waals surface area contributed by atoms with Crippen LogP contribution in [0.1, 0.15) is 16.3 Å². The van der Waals surface area contributed by atoms with Crippen molar-refractivity contribution in [2.75, 3.05) is 13.6 Å². The number of thiazole rings is 1. The van der Waals surface area contributed by atoms with Crippen LogP contribution in [-0.2, 0) is 13.0 Å². The number of benzene rings is 1. The van der Waals surface area contributed by atoms with Crippen LogP contribution in [0.4, 0.5) is 5.69 Å². The first-order valence-electron chi connectivity index (χ1n) is 7.17. The van der Waals surface area contributed by atoms with E-state index in [9.17, 15) is 10.1 Å². The van der Waals surface area contributed by atoms with Crippen molar-refractivity contribution >= 4 is 47.0 Å². The first kappa shape index (κ1) is 20.3. The lowest BCUT2D eigenvalue weighted by molar-refractivity contribution is -0.384. The molecule has 2 aromatic rings. The summed E-state index contributed by atoms with van der Waals surface area (Å²) in [4.78, 5) is 18.9. The van der Waals surface area contributed by atoms with E-state index in [-0.39, 0.29) is 29.7 Å². The van der Waals surface area contributed by atoms with Crippen molar-refractivity contribution in [1.29, 1.82) is 0 Å². The van der Waals surface area contributed by atoms with Crippen LogP contribution in [-0.4, -0.2) is 29.5 Å². The average Bonchev–Trinajstić information content (AvgIpc) is 2.96. The molecule has 0 spiro atoms. The largest absolute Gasteiger partial charge is 0.356 e. The standard InChI is InChI=1S/C15H19N5O2S.HI/c1-11-19-13(10-23-11)6-7-17-15(16-2)18-9-12-4-3-5-14(8-12)20(21)22;/h3-5,8,10H,6-7,9H2,1-2H3,(H2,16,17,18);1H. The average molecular weight is 461 g/mol. The van der Waals surface area contributed by atoms with E-state index in [0.717, 1.165) is 29.2 Å². The molecule has 0 fully saturated rings. The summed E-state index contributed by atoms with van der Waals surface area (Å²) in [5.41, 5.74) is 1.98. The second-order valence-electron chi connectivity index (χ2n) is 4.89. The summed E-state index contributed by atoms with van der Waals surface area (Å²) in [6.45, 7) is 3.18. The monoisotopic (exact) mass is 461 g/mol. The number of aliphatic imine (C=N–C) groups is 1. The molecule has 7 nitrogen and oxygen atoms in total. The first-order valence-corrected chi connectivity index (χ1v) is 8.05. The minimum absolute atomic E-state index is 0. The van der Waals surface area contributed by atoms with Gasteiger partial charge in [-0.3, -0.25) is 15.1 Å². The van der Waals surface area contributed by atoms with Crippen molar-refractivity contribution in [3.8, 4) is 0 Å². The van der Waals surface area contributed by atoms with Gasteiger partial charge in [0.1, 0.15) is 0 Å². The number of non-ortho nitro benzene ring substituents is 1. The fraction of sp³-hybridized carbons (Fsp3) is 0.333. The molecule has 0 saturated carbocycles. The highest BCUT2D eigenvalue weighted by molar-refractivity contribution is 14.0. The molecule has 130 valence electrons. The molecular formula is C15H20IN5O2S. The van der Waals surface area contributed by atoms with E-state index in [1.807, 2.05) is 13.0 Å². The highest BCUT2D eigenvalue weighted by Gasteiger charge is 2.06. The molecule has 0 atom stereocenters. The fourth-order valence-electron chi connectivity index (χ4n) is 2.02. The number of aryl methyl sites for hydroxylation is 1. The SMILES string of the molecule is CN=C(NCCc1csc(C)n1)NCc1cccc([N+](=O)[O-])c1.I. The molecule has 1 heterocycles. The topological polar surface area (TPSA) is 92.5 Å². The van der Waals surface area contributed by atoms with Gasteiger partial charge in [-0.2, -0.15) is 0 Å². The van der Waals surface area contributed by atoms with Gasteiger partial charge in [-0.1, -0.05) is 12.1 Å². The van der Waals surface area contributed by atoms with Crippen molar-refractivity contribution in [2.24, 2.45) is 4.99 Å². The van der Waals surface area contributed by atoms with Gasteiger partial charge in [-0.05, 0) is 12.5 Å². The summed E-state index contributed by atoms with van der Waals surface area (Å²) >= 11 is 1.64. The molecule has 1 aromatic carbocycles. The van der Waals surface area contributed by atoms with Gasteiger partial charge in [0, 0.05) is 44.1 Å². The Morgan fingerprint density at radius 3 is 2.83 bits per heavy atom. The number of nitrogens with zero attached hydrogens (tertiary/aromatic N) is 3. The summed E-state index contributed by atoms with van der Waals surface area (Å²) in [6, 6.07) is 6.55. The van der Waals surface area contributed by atoms with Crippen molar-refractivity contribution < 1.29 is 4.92 Å². The maximum Gasteiger partial charge on any atom is 0.269 e. The predicted molar refractivity (Wildman–Crippen MR) is 107 cm³/mol. The van der Waals surface area contributed by atoms with Gasteiger partial charge < -0.3 is 10.6 Å². The third-order valence-electron chi connectivity index (χ3n) is 3.15. The molecule has 2 rings (SSSR count). The molecular weight excluding hydrogens is 441 g/mol. The highest BCUT2D eigenvalue weighted by Crippen LogP contribution is 2.12. The van der Waals surface area contributed by atoms with Crippen LogP contribution in [0.2, 0.25) is 0 Å². The molecule has 0 amide bonds. The Labute approximate surface area is 161 Å². The molecule has 24 heavy (non-hydrogen) atoms. The number of guanidine groups is 1. The Morgan fingerprint density at radius 2 is 2.21 bits per heavy atom. The van der Waals surface area contributed by atoms with Crippen LogP contribution in [0.3, 0.4) is 0 Å². The number of rotatable bonds is 6. The number of aromatic nitrogens is 1. The third kappa shape index (κ3) is 6.40. The zero-order chi connectivity index (χ0) is 16.7. The molecule has 0 aliphatic carbocycles. The van der Waals surface area contributed by atoms with Gasteiger partial charge in [0.25, 0.3) is 5.69 Å². The second-order valence-corrected chi connectivity index (χ2v) is 5.95. The molecule has 0 aliphatic rings. The minimum atomic E-state index is -0.396. The minimum Gasteiger partial charge on any atom is -0.356 e. The molecule has 2 N–H and O–H groups in total. The summed E-state index contributed by atoms with van der Waals surface area (Å²) < 4.78 is 0. The van der Waals surface area contributed by atoms with Crippen LogP contribution < -0.4 is 10.6 Å². The van der Waals surface area contributed by atoms with Crippen molar-refractivity contribution in [1.82, 2.24) is 15.6 Å². The molecule has 0 bridgehead atoms. The van der Waals surface area contributed by atoms with Crippen molar-refractivity contribution in [3.05, 3.63) is 56.0 Å². The highest BCUT2D eigenvalue weighted by atomic mass is 127. The first-order chi connectivity index (χ1) is 11.1. The van der Waals surface area contributed by atoms with E-state index in [2.05, 4.69) is 26.0 Å². The summed E-state index contributed by atoms with van der Waals surface area (Å²) in [5, 5.41) is 20.2. The van der Waals surface area contributed by atoms with E-state index in [1.54, 1.807) is 30.5 Å². The van der Waals surface area contributed by atoms with Crippen LogP contribution in [0.5, 0.6) is 0 Å². The third-order valence-corrected chi connectivity index (χ3v) is 3.97. The van der Waals surface area contributed by atoms with Gasteiger partial charge in [0.2, 0.25) is 0 Å². The molecule has 0 aliphatic heterocycles. The smallest absolute Gasteiger partial charge is 0.269 e. The van der Waals surface area contributed by atoms with E-state index in [1.165, 1.54) is 6.07 Å². The number of nitro benzene ring substituents is 1. The maximum atomic E-state index is 10.8. The van der Waals surface area contributed by atoms with E-state index >= 15 is 0 Å². The van der Waals surface area contributed by atoms with Crippen molar-refractivity contribution in [2.45, 2.75) is 19.9 Å². The van der Waals surface area contributed by atoms with Crippen LogP contribution in [0.25, 0.3) is 0 Å². The molecule has 1 aromatic heterocycles. The number of hydrogen-bond acceptors (Lipinski definition) is 5. The van der Waals surface area contributed by atoms with E-state index in [4.69, 9.17) is 0 Å². The van der Waals surface area contributed by atoms with Gasteiger partial charge in [-0.25, -0.2) is 4.98 Å². The summed E-state index contributed by atoms with van der Waals surface area (Å²) in [7, 11) is 1.69. The molecule has 0 unspecified atom stereocenters. The van der Waals surface area contributed by atoms with Crippen LogP contribution in [0, 0.1) is 17.0 Å². The predicted octanol–water partition coefficient (Wildman–Crippen LogP) is 2.89. The van der Waals surface area contributed by atoms with Gasteiger partial charge >= 0.3 is 0 Å². The molecule has 9 heteroatoms. The molecule has 0 radical (unpaired) electrons. The Balaban J connectivity index is 0.00000288. The molecule has 0 saturated heterocycles. The number of hydrogen-bond donors (Lipinski definition) is 2. The van der Waals surface area contributed by atoms with E-state index in [0.29, 0.717) is 12.5 Å².